The van der Waals surface area contributed by atoms with Crippen molar-refractivity contribution in [2.75, 3.05) is 20.3 Å². The highest BCUT2D eigenvalue weighted by Gasteiger charge is 2.10. The van der Waals surface area contributed by atoms with Gasteiger partial charge in [0, 0.05) is 6.54 Å². The molecule has 0 heterocycles. The number of halogens is 1. The van der Waals surface area contributed by atoms with Crippen LogP contribution in [0.25, 0.3) is 0 Å². The smallest absolute Gasteiger partial charge is 0.186 e. The Kier molecular flexibility index (Phi) is 8.84. The van der Waals surface area contributed by atoms with Crippen molar-refractivity contribution in [3.63, 3.8) is 0 Å². The third-order valence-electron chi connectivity index (χ3n) is 2.73. The number of hydrogen-bond donors (Lipinski definition) is 2. The second kappa shape index (κ2) is 10.4. The number of methoxy groups -OCH3 is 1. The van der Waals surface area contributed by atoms with Crippen molar-refractivity contribution in [2.24, 2.45) is 5.10 Å². The molecule has 2 N–H and O–H groups in total. The predicted octanol–water partition coefficient (Wildman–Crippen LogP) is 3.45. The summed E-state index contributed by atoms with van der Waals surface area (Å²) < 4.78 is 11.7. The lowest BCUT2D eigenvalue weighted by Gasteiger charge is -2.12. The second-order valence-electron chi connectivity index (χ2n) is 4.45. The molecule has 0 unspecified atom stereocenters. The normalized spacial score (nSPS) is 10.5. The van der Waals surface area contributed by atoms with Crippen LogP contribution in [0.5, 0.6) is 11.5 Å². The van der Waals surface area contributed by atoms with E-state index in [0.29, 0.717) is 23.2 Å². The topological polar surface area (TPSA) is 54.9 Å². The molecule has 122 valence electrons. The maximum absolute atomic E-state index is 5.57. The Morgan fingerprint density at radius 3 is 2.82 bits per heavy atom. The van der Waals surface area contributed by atoms with Gasteiger partial charge in [0.25, 0.3) is 0 Å². The van der Waals surface area contributed by atoms with Gasteiger partial charge in [-0.15, -0.1) is 0 Å². The van der Waals surface area contributed by atoms with Crippen LogP contribution in [-0.4, -0.2) is 31.6 Å². The minimum Gasteiger partial charge on any atom is -0.492 e. The van der Waals surface area contributed by atoms with Crippen LogP contribution in [0.4, 0.5) is 0 Å². The van der Waals surface area contributed by atoms with Gasteiger partial charge in [-0.1, -0.05) is 13.3 Å². The van der Waals surface area contributed by atoms with E-state index in [4.69, 9.17) is 21.7 Å². The molecule has 5 nitrogen and oxygen atoms in total. The van der Waals surface area contributed by atoms with E-state index in [0.717, 1.165) is 29.4 Å². The molecule has 0 atom stereocenters. The van der Waals surface area contributed by atoms with Gasteiger partial charge in [-0.2, -0.15) is 5.10 Å². The highest BCUT2D eigenvalue weighted by molar-refractivity contribution is 9.10. The molecule has 0 fully saturated rings. The molecule has 7 heteroatoms. The van der Waals surface area contributed by atoms with E-state index >= 15 is 0 Å². The van der Waals surface area contributed by atoms with E-state index in [-0.39, 0.29) is 0 Å². The lowest BCUT2D eigenvalue weighted by Crippen LogP contribution is -2.32. The van der Waals surface area contributed by atoms with Crippen LogP contribution in [0.2, 0.25) is 0 Å². The maximum Gasteiger partial charge on any atom is 0.186 e. The van der Waals surface area contributed by atoms with Crippen molar-refractivity contribution >= 4 is 39.5 Å². The van der Waals surface area contributed by atoms with Gasteiger partial charge in [-0.25, -0.2) is 0 Å². The summed E-state index contributed by atoms with van der Waals surface area (Å²) in [5, 5.41) is 7.72. The molecule has 22 heavy (non-hydrogen) atoms. The highest BCUT2D eigenvalue weighted by Crippen LogP contribution is 2.36. The SMILES string of the molecule is CCCCNC(=S)N/N=C\c1cc(Br)c(OC)c(OCC)c1. The number of hydrogen-bond acceptors (Lipinski definition) is 4. The molecule has 0 spiro atoms. The second-order valence-corrected chi connectivity index (χ2v) is 5.71. The fourth-order valence-electron chi connectivity index (χ4n) is 1.71. The van der Waals surface area contributed by atoms with Crippen molar-refractivity contribution in [1.29, 1.82) is 0 Å². The molecule has 0 bridgehead atoms. The van der Waals surface area contributed by atoms with Crippen molar-refractivity contribution in [3.8, 4) is 11.5 Å². The summed E-state index contributed by atoms with van der Waals surface area (Å²) in [6, 6.07) is 3.77. The molecule has 0 aliphatic heterocycles. The number of nitrogens with one attached hydrogen (secondary N) is 2. The number of benzene rings is 1. The van der Waals surface area contributed by atoms with Crippen LogP contribution in [0.15, 0.2) is 21.7 Å². The van der Waals surface area contributed by atoms with E-state index < -0.39 is 0 Å². The first-order valence-electron chi connectivity index (χ1n) is 7.19. The van der Waals surface area contributed by atoms with Crippen LogP contribution in [0.3, 0.4) is 0 Å². The number of nitrogens with zero attached hydrogens (tertiary/aromatic N) is 1. The quantitative estimate of drug-likeness (QED) is 0.309. The molecular formula is C15H22BrN3O2S. The maximum atomic E-state index is 5.57. The summed E-state index contributed by atoms with van der Waals surface area (Å²) in [4.78, 5) is 0. The molecule has 0 saturated carbocycles. The number of unbranched alkanes of at least 4 members (excludes halogenated alkanes) is 1. The molecule has 0 radical (unpaired) electrons. The van der Waals surface area contributed by atoms with Gasteiger partial charge in [-0.3, -0.25) is 5.43 Å². The molecule has 0 aliphatic rings. The summed E-state index contributed by atoms with van der Waals surface area (Å²) in [7, 11) is 1.61. The van der Waals surface area contributed by atoms with Crippen molar-refractivity contribution in [2.45, 2.75) is 26.7 Å². The fourth-order valence-corrected chi connectivity index (χ4v) is 2.48. The van der Waals surface area contributed by atoms with Gasteiger partial charge in [0.1, 0.15) is 0 Å². The van der Waals surface area contributed by atoms with E-state index in [1.165, 1.54) is 0 Å². The molecule has 1 aromatic rings. The highest BCUT2D eigenvalue weighted by atomic mass is 79.9. The number of thiocarbonyl (C=S) groups is 1. The van der Waals surface area contributed by atoms with Crippen LogP contribution < -0.4 is 20.2 Å². The zero-order valence-corrected chi connectivity index (χ0v) is 15.5. The van der Waals surface area contributed by atoms with Crippen molar-refractivity contribution in [1.82, 2.24) is 10.7 Å². The number of hydrazone groups is 1. The first kappa shape index (κ1) is 18.7. The first-order valence-corrected chi connectivity index (χ1v) is 8.39. The Bertz CT molecular complexity index is 524. The van der Waals surface area contributed by atoms with Crippen LogP contribution in [-0.2, 0) is 0 Å². The monoisotopic (exact) mass is 387 g/mol. The van der Waals surface area contributed by atoms with Crippen molar-refractivity contribution in [3.05, 3.63) is 22.2 Å². The van der Waals surface area contributed by atoms with E-state index in [1.807, 2.05) is 19.1 Å². The third kappa shape index (κ3) is 6.19. The average molecular weight is 388 g/mol. The van der Waals surface area contributed by atoms with Gasteiger partial charge in [0.2, 0.25) is 0 Å². The lowest BCUT2D eigenvalue weighted by atomic mass is 10.2. The Morgan fingerprint density at radius 1 is 1.41 bits per heavy atom. The van der Waals surface area contributed by atoms with Gasteiger partial charge in [0.05, 0.1) is 24.4 Å². The standard InChI is InChI=1S/C15H22BrN3O2S/c1-4-6-7-17-15(22)19-18-10-11-8-12(16)14(20-3)13(9-11)21-5-2/h8-10H,4-7H2,1-3H3,(H2,17,19,22)/b18-10-. The third-order valence-corrected chi connectivity index (χ3v) is 3.56. The Morgan fingerprint density at radius 2 is 2.18 bits per heavy atom. The van der Waals surface area contributed by atoms with E-state index in [9.17, 15) is 0 Å². The molecule has 0 saturated heterocycles. The first-order chi connectivity index (χ1) is 10.6. The van der Waals surface area contributed by atoms with Crippen LogP contribution in [0.1, 0.15) is 32.3 Å². The minimum atomic E-state index is 0.516. The zero-order valence-electron chi connectivity index (χ0n) is 13.1. The van der Waals surface area contributed by atoms with Gasteiger partial charge in [0.15, 0.2) is 16.6 Å². The largest absolute Gasteiger partial charge is 0.492 e. The molecule has 1 rings (SSSR count). The van der Waals surface area contributed by atoms with Gasteiger partial charge >= 0.3 is 0 Å². The summed E-state index contributed by atoms with van der Waals surface area (Å²) in [5.74, 6) is 1.34. The summed E-state index contributed by atoms with van der Waals surface area (Å²) >= 11 is 8.59. The van der Waals surface area contributed by atoms with Gasteiger partial charge in [-0.05, 0) is 59.2 Å². The molecule has 0 aliphatic carbocycles. The lowest BCUT2D eigenvalue weighted by molar-refractivity contribution is 0.310. The minimum absolute atomic E-state index is 0.516. The molecular weight excluding hydrogens is 366 g/mol. The van der Waals surface area contributed by atoms with E-state index in [2.05, 4.69) is 38.7 Å². The number of ether oxygens (including phenoxy) is 2. The van der Waals surface area contributed by atoms with Crippen molar-refractivity contribution < 1.29 is 9.47 Å². The molecule has 1 aromatic carbocycles. The van der Waals surface area contributed by atoms with Crippen LogP contribution in [0, 0.1) is 0 Å². The summed E-state index contributed by atoms with van der Waals surface area (Å²) in [6.45, 7) is 5.47. The molecule has 0 amide bonds. The van der Waals surface area contributed by atoms with Crippen LogP contribution >= 0.6 is 28.1 Å². The zero-order chi connectivity index (χ0) is 16.4. The average Bonchev–Trinajstić information content (AvgIpc) is 2.48. The van der Waals surface area contributed by atoms with Gasteiger partial charge < -0.3 is 14.8 Å². The summed E-state index contributed by atoms with van der Waals surface area (Å²) in [6.07, 6.45) is 3.88. The number of rotatable bonds is 8. The Hall–Kier alpha value is -1.34. The Balaban J connectivity index is 2.68. The summed E-state index contributed by atoms with van der Waals surface area (Å²) in [5.41, 5.74) is 3.67. The molecule has 0 aromatic heterocycles. The Labute approximate surface area is 145 Å². The van der Waals surface area contributed by atoms with E-state index in [1.54, 1.807) is 13.3 Å². The predicted molar refractivity (Wildman–Crippen MR) is 98.1 cm³/mol. The fraction of sp³-hybridized carbons (Fsp3) is 0.467.